The lowest BCUT2D eigenvalue weighted by molar-refractivity contribution is 0.265. The minimum absolute atomic E-state index is 0.0295. The van der Waals surface area contributed by atoms with Gasteiger partial charge in [0.2, 0.25) is 11.9 Å². The number of nitrogens with zero attached hydrogens (tertiary/aromatic N) is 6. The lowest BCUT2D eigenvalue weighted by Crippen LogP contribution is -2.33. The molecule has 238 valence electrons. The fourth-order valence-corrected chi connectivity index (χ4v) is 5.68. The first-order valence-corrected chi connectivity index (χ1v) is 15.5. The molecule has 0 spiro atoms. The van der Waals surface area contributed by atoms with Gasteiger partial charge in [-0.15, -0.1) is 0 Å². The van der Waals surface area contributed by atoms with E-state index in [0.29, 0.717) is 51.1 Å². The van der Waals surface area contributed by atoms with Crippen LogP contribution in [0.15, 0.2) is 60.9 Å². The van der Waals surface area contributed by atoms with Crippen molar-refractivity contribution in [3.63, 3.8) is 0 Å². The third kappa shape index (κ3) is 8.34. The van der Waals surface area contributed by atoms with Gasteiger partial charge in [-0.1, -0.05) is 23.2 Å². The molecular formula is C31H36Cl2N8O4. The first-order valence-electron chi connectivity index (χ1n) is 14.7. The molecule has 2 aliphatic rings. The van der Waals surface area contributed by atoms with Crippen LogP contribution in [0.5, 0.6) is 23.0 Å². The topological polar surface area (TPSA) is 169 Å². The van der Waals surface area contributed by atoms with Crippen molar-refractivity contribution in [3.8, 4) is 23.0 Å². The van der Waals surface area contributed by atoms with Gasteiger partial charge < -0.3 is 41.0 Å². The number of hydrogen-bond donors (Lipinski definition) is 4. The number of anilines is 4. The molecule has 6 N–H and O–H groups in total. The van der Waals surface area contributed by atoms with E-state index in [2.05, 4.69) is 24.8 Å². The molecule has 2 aromatic carbocycles. The second-order valence-electron chi connectivity index (χ2n) is 10.6. The van der Waals surface area contributed by atoms with E-state index in [1.165, 1.54) is 0 Å². The Balaban J connectivity index is 0.000000178. The normalized spacial score (nSPS) is 17.6. The van der Waals surface area contributed by atoms with Crippen LogP contribution in [0.1, 0.15) is 32.1 Å². The number of aliphatic hydroxyl groups excluding tert-OH is 2. The highest BCUT2D eigenvalue weighted by molar-refractivity contribution is 6.30. The van der Waals surface area contributed by atoms with Crippen molar-refractivity contribution in [3.05, 3.63) is 71.0 Å². The van der Waals surface area contributed by atoms with Gasteiger partial charge in [-0.25, -0.2) is 9.97 Å². The second-order valence-corrected chi connectivity index (χ2v) is 11.5. The van der Waals surface area contributed by atoms with Crippen molar-refractivity contribution < 1.29 is 19.7 Å². The van der Waals surface area contributed by atoms with Crippen LogP contribution >= 0.6 is 23.2 Å². The van der Waals surface area contributed by atoms with Crippen molar-refractivity contribution in [1.82, 2.24) is 19.9 Å². The van der Waals surface area contributed by atoms with Crippen LogP contribution in [0.25, 0.3) is 0 Å². The van der Waals surface area contributed by atoms with Gasteiger partial charge in [0.25, 0.3) is 0 Å². The first kappa shape index (κ1) is 32.3. The Morgan fingerprint density at radius 2 is 1.16 bits per heavy atom. The Morgan fingerprint density at radius 3 is 1.60 bits per heavy atom. The highest BCUT2D eigenvalue weighted by Crippen LogP contribution is 2.37. The number of rotatable bonds is 9. The summed E-state index contributed by atoms with van der Waals surface area (Å²) >= 11 is 11.8. The van der Waals surface area contributed by atoms with E-state index in [1.807, 2.05) is 4.90 Å². The molecule has 2 atom stereocenters. The summed E-state index contributed by atoms with van der Waals surface area (Å²) in [6, 6.07) is 14.4. The molecule has 2 aromatic heterocycles. The molecule has 6 rings (SSSR count). The summed E-state index contributed by atoms with van der Waals surface area (Å²) < 4.78 is 11.8. The molecule has 45 heavy (non-hydrogen) atoms. The Bertz CT molecular complexity index is 1550. The highest BCUT2D eigenvalue weighted by Gasteiger charge is 2.29. The Kier molecular flexibility index (Phi) is 11.0. The average Bonchev–Trinajstić information content (AvgIpc) is 3.71. The van der Waals surface area contributed by atoms with Gasteiger partial charge >= 0.3 is 0 Å². The molecule has 0 radical (unpaired) electrons. The van der Waals surface area contributed by atoms with E-state index in [9.17, 15) is 10.2 Å². The van der Waals surface area contributed by atoms with Crippen molar-refractivity contribution in [1.29, 1.82) is 0 Å². The maximum absolute atomic E-state index is 9.51. The zero-order valence-corrected chi connectivity index (χ0v) is 26.1. The fourth-order valence-electron chi connectivity index (χ4n) is 5.43. The number of hydrogen-bond acceptors (Lipinski definition) is 12. The Labute approximate surface area is 271 Å². The predicted octanol–water partition coefficient (Wildman–Crippen LogP) is 5.32. The molecule has 2 saturated heterocycles. The van der Waals surface area contributed by atoms with Crippen LogP contribution in [-0.2, 0) is 0 Å². The van der Waals surface area contributed by atoms with Crippen molar-refractivity contribution >= 4 is 46.7 Å². The SMILES string of the molecule is Nc1ncc(Oc2ccc(Cl)cc2)c(N2CCCC2CCO)n1.Nc1ncc(Oc2ccc(Cl)cc2)c(N2CCCC2CO)n1. The zero-order chi connectivity index (χ0) is 31.8. The quantitative estimate of drug-likeness (QED) is 0.183. The number of aliphatic hydroxyl groups is 2. The minimum atomic E-state index is 0.0295. The zero-order valence-electron chi connectivity index (χ0n) is 24.6. The minimum Gasteiger partial charge on any atom is -0.452 e. The summed E-state index contributed by atoms with van der Waals surface area (Å²) in [5.41, 5.74) is 11.5. The molecule has 4 aromatic rings. The highest BCUT2D eigenvalue weighted by atomic mass is 35.5. The molecule has 0 saturated carbocycles. The number of ether oxygens (including phenoxy) is 2. The maximum Gasteiger partial charge on any atom is 0.222 e. The van der Waals surface area contributed by atoms with E-state index in [0.717, 1.165) is 38.8 Å². The van der Waals surface area contributed by atoms with Gasteiger partial charge in [-0.3, -0.25) is 0 Å². The molecule has 2 aliphatic heterocycles. The summed E-state index contributed by atoms with van der Waals surface area (Å²) in [5, 5.41) is 20.0. The second kappa shape index (κ2) is 15.3. The van der Waals surface area contributed by atoms with E-state index in [1.54, 1.807) is 60.9 Å². The lowest BCUT2D eigenvalue weighted by atomic mass is 10.1. The summed E-state index contributed by atoms with van der Waals surface area (Å²) in [5.74, 6) is 4.02. The summed E-state index contributed by atoms with van der Waals surface area (Å²) in [4.78, 5) is 20.9. The maximum atomic E-state index is 9.51. The van der Waals surface area contributed by atoms with Crippen LogP contribution in [0, 0.1) is 0 Å². The van der Waals surface area contributed by atoms with Crippen LogP contribution in [0.3, 0.4) is 0 Å². The van der Waals surface area contributed by atoms with Crippen molar-refractivity contribution in [2.75, 3.05) is 47.6 Å². The van der Waals surface area contributed by atoms with E-state index in [4.69, 9.17) is 44.1 Å². The Morgan fingerprint density at radius 1 is 0.711 bits per heavy atom. The van der Waals surface area contributed by atoms with Gasteiger partial charge in [-0.05, 0) is 80.6 Å². The monoisotopic (exact) mass is 654 g/mol. The standard InChI is InChI=1S/C16H19ClN4O2.C15H17ClN4O2/c17-11-3-5-13(6-4-11)23-14-10-19-16(18)20-15(14)21-8-1-2-12(21)7-9-22;16-10-3-5-12(6-4-10)22-13-8-18-15(17)19-14(13)20-7-1-2-11(20)9-21/h3-6,10,12,22H,1-2,7-9H2,(H2,18,19,20);3-6,8,11,21H,1-2,7,9H2,(H2,17,18,19). The molecule has 2 fully saturated rings. The summed E-state index contributed by atoms with van der Waals surface area (Å²) in [7, 11) is 0. The van der Waals surface area contributed by atoms with Gasteiger partial charge in [0.05, 0.1) is 25.0 Å². The molecule has 2 unspecified atom stereocenters. The smallest absolute Gasteiger partial charge is 0.222 e. The number of nitrogens with two attached hydrogens (primary N) is 2. The largest absolute Gasteiger partial charge is 0.452 e. The number of halogens is 2. The Hall–Kier alpha value is -4.10. The predicted molar refractivity (Wildman–Crippen MR) is 175 cm³/mol. The molecule has 12 nitrogen and oxygen atoms in total. The van der Waals surface area contributed by atoms with E-state index >= 15 is 0 Å². The number of aromatic nitrogens is 4. The molecule has 0 amide bonds. The van der Waals surface area contributed by atoms with E-state index < -0.39 is 0 Å². The van der Waals surface area contributed by atoms with Crippen molar-refractivity contribution in [2.24, 2.45) is 0 Å². The summed E-state index contributed by atoms with van der Waals surface area (Å²) in [6.07, 6.45) is 7.82. The van der Waals surface area contributed by atoms with Crippen LogP contribution in [0.2, 0.25) is 10.0 Å². The summed E-state index contributed by atoms with van der Waals surface area (Å²) in [6.45, 7) is 1.89. The molecule has 0 bridgehead atoms. The van der Waals surface area contributed by atoms with Crippen LogP contribution in [0.4, 0.5) is 23.5 Å². The van der Waals surface area contributed by atoms with Crippen molar-refractivity contribution in [2.45, 2.75) is 44.2 Å². The molecular weight excluding hydrogens is 619 g/mol. The van der Waals surface area contributed by atoms with Gasteiger partial charge in [0.1, 0.15) is 11.5 Å². The lowest BCUT2D eigenvalue weighted by Gasteiger charge is -2.26. The average molecular weight is 656 g/mol. The number of benzene rings is 2. The molecule has 14 heteroatoms. The van der Waals surface area contributed by atoms with Gasteiger partial charge in [0.15, 0.2) is 23.1 Å². The van der Waals surface area contributed by atoms with E-state index in [-0.39, 0.29) is 37.2 Å². The molecule has 4 heterocycles. The van der Waals surface area contributed by atoms with Crippen LogP contribution < -0.4 is 30.7 Å². The van der Waals surface area contributed by atoms with Gasteiger partial charge in [0, 0.05) is 35.8 Å². The third-order valence-corrected chi connectivity index (χ3v) is 8.07. The fraction of sp³-hybridized carbons (Fsp3) is 0.355. The third-order valence-electron chi connectivity index (χ3n) is 7.56. The number of nitrogen functional groups attached to an aromatic ring is 2. The first-order chi connectivity index (χ1) is 21.8. The van der Waals surface area contributed by atoms with Crippen LogP contribution in [-0.4, -0.2) is 68.5 Å². The molecule has 0 aliphatic carbocycles. The van der Waals surface area contributed by atoms with Gasteiger partial charge in [-0.2, -0.15) is 9.97 Å².